The Balaban J connectivity index is 3.01. The zero-order valence-electron chi connectivity index (χ0n) is 9.99. The quantitative estimate of drug-likeness (QED) is 0.799. The largest absolute Gasteiger partial charge is 0.391 e. The van der Waals surface area contributed by atoms with Crippen LogP contribution < -0.4 is 5.73 Å². The van der Waals surface area contributed by atoms with Crippen LogP contribution in [-0.4, -0.2) is 11.2 Å². The van der Waals surface area contributed by atoms with Crippen molar-refractivity contribution in [1.82, 2.24) is 0 Å². The predicted octanol–water partition coefficient (Wildman–Crippen LogP) is 2.32. The van der Waals surface area contributed by atoms with Crippen LogP contribution in [0.4, 0.5) is 0 Å². The van der Waals surface area contributed by atoms with Crippen molar-refractivity contribution in [2.45, 2.75) is 39.8 Å². The number of aryl methyl sites for hydroxylation is 1. The molecule has 0 aliphatic heterocycles. The van der Waals surface area contributed by atoms with Crippen molar-refractivity contribution in [2.24, 2.45) is 11.7 Å². The van der Waals surface area contributed by atoms with Crippen LogP contribution in [0.15, 0.2) is 18.2 Å². The monoisotopic (exact) mass is 207 g/mol. The SMILES string of the molecule is Cc1cccc([C@H](N)[C@H](O)C(C)C)c1C. The number of aliphatic hydroxyl groups excluding tert-OH is 1. The zero-order valence-corrected chi connectivity index (χ0v) is 9.99. The summed E-state index contributed by atoms with van der Waals surface area (Å²) >= 11 is 0. The molecular formula is C13H21NO. The van der Waals surface area contributed by atoms with E-state index in [0.29, 0.717) is 0 Å². The average Bonchev–Trinajstić information content (AvgIpc) is 2.20. The molecule has 84 valence electrons. The van der Waals surface area contributed by atoms with E-state index in [2.05, 4.69) is 19.9 Å². The highest BCUT2D eigenvalue weighted by molar-refractivity contribution is 5.35. The number of benzene rings is 1. The third-order valence-electron chi connectivity index (χ3n) is 3.06. The number of hydrogen-bond donors (Lipinski definition) is 2. The molecule has 0 radical (unpaired) electrons. The van der Waals surface area contributed by atoms with Gasteiger partial charge in [0.25, 0.3) is 0 Å². The Hall–Kier alpha value is -0.860. The maximum absolute atomic E-state index is 9.94. The minimum Gasteiger partial charge on any atom is -0.391 e. The normalized spacial score (nSPS) is 15.4. The standard InChI is InChI=1S/C13H21NO/c1-8(2)13(15)12(14)11-7-5-6-9(3)10(11)4/h5-8,12-13,15H,14H2,1-4H3/t12-,13+/m0/s1. The second-order valence-corrected chi connectivity index (χ2v) is 4.55. The van der Waals surface area contributed by atoms with E-state index in [1.807, 2.05) is 26.0 Å². The fourth-order valence-electron chi connectivity index (χ4n) is 1.73. The van der Waals surface area contributed by atoms with Crippen molar-refractivity contribution in [3.63, 3.8) is 0 Å². The molecule has 0 aliphatic rings. The Bertz CT molecular complexity index is 333. The molecule has 0 saturated carbocycles. The van der Waals surface area contributed by atoms with E-state index in [-0.39, 0.29) is 12.0 Å². The third kappa shape index (κ3) is 2.58. The summed E-state index contributed by atoms with van der Waals surface area (Å²) in [5.74, 6) is 0.180. The van der Waals surface area contributed by atoms with Crippen molar-refractivity contribution in [3.05, 3.63) is 34.9 Å². The van der Waals surface area contributed by atoms with Gasteiger partial charge in [-0.25, -0.2) is 0 Å². The van der Waals surface area contributed by atoms with Gasteiger partial charge < -0.3 is 10.8 Å². The van der Waals surface area contributed by atoms with Crippen molar-refractivity contribution >= 4 is 0 Å². The molecule has 0 heterocycles. The molecule has 0 fully saturated rings. The lowest BCUT2D eigenvalue weighted by Crippen LogP contribution is -2.31. The van der Waals surface area contributed by atoms with Gasteiger partial charge >= 0.3 is 0 Å². The van der Waals surface area contributed by atoms with Gasteiger partial charge in [-0.1, -0.05) is 32.0 Å². The van der Waals surface area contributed by atoms with Crippen molar-refractivity contribution in [2.75, 3.05) is 0 Å². The first-order valence-corrected chi connectivity index (χ1v) is 5.45. The summed E-state index contributed by atoms with van der Waals surface area (Å²) in [7, 11) is 0. The smallest absolute Gasteiger partial charge is 0.0755 e. The topological polar surface area (TPSA) is 46.2 Å². The molecule has 0 saturated heterocycles. The molecule has 1 rings (SSSR count). The summed E-state index contributed by atoms with van der Waals surface area (Å²) < 4.78 is 0. The Morgan fingerprint density at radius 3 is 2.33 bits per heavy atom. The van der Waals surface area contributed by atoms with E-state index in [1.54, 1.807) is 0 Å². The average molecular weight is 207 g/mol. The van der Waals surface area contributed by atoms with Crippen LogP contribution >= 0.6 is 0 Å². The van der Waals surface area contributed by atoms with E-state index in [9.17, 15) is 5.11 Å². The molecule has 0 aromatic heterocycles. The summed E-state index contributed by atoms with van der Waals surface area (Å²) in [5, 5.41) is 9.94. The van der Waals surface area contributed by atoms with E-state index in [1.165, 1.54) is 11.1 Å². The summed E-state index contributed by atoms with van der Waals surface area (Å²) in [6.45, 7) is 8.08. The number of rotatable bonds is 3. The second kappa shape index (κ2) is 4.77. The highest BCUT2D eigenvalue weighted by atomic mass is 16.3. The van der Waals surface area contributed by atoms with Crippen molar-refractivity contribution < 1.29 is 5.11 Å². The van der Waals surface area contributed by atoms with Gasteiger partial charge in [0.15, 0.2) is 0 Å². The fourth-order valence-corrected chi connectivity index (χ4v) is 1.73. The fraction of sp³-hybridized carbons (Fsp3) is 0.538. The molecule has 2 heteroatoms. The van der Waals surface area contributed by atoms with E-state index < -0.39 is 6.10 Å². The summed E-state index contributed by atoms with van der Waals surface area (Å²) in [6.07, 6.45) is -0.481. The van der Waals surface area contributed by atoms with Crippen LogP contribution in [0.5, 0.6) is 0 Å². The molecule has 0 spiro atoms. The molecule has 0 bridgehead atoms. The lowest BCUT2D eigenvalue weighted by atomic mass is 9.90. The Morgan fingerprint density at radius 1 is 1.20 bits per heavy atom. The third-order valence-corrected chi connectivity index (χ3v) is 3.06. The van der Waals surface area contributed by atoms with E-state index >= 15 is 0 Å². The van der Waals surface area contributed by atoms with Gasteiger partial charge in [-0.2, -0.15) is 0 Å². The summed E-state index contributed by atoms with van der Waals surface area (Å²) in [6, 6.07) is 5.76. The maximum Gasteiger partial charge on any atom is 0.0755 e. The maximum atomic E-state index is 9.94. The van der Waals surface area contributed by atoms with Crippen LogP contribution in [0.1, 0.15) is 36.6 Å². The predicted molar refractivity (Wildman–Crippen MR) is 63.7 cm³/mol. The second-order valence-electron chi connectivity index (χ2n) is 4.55. The highest BCUT2D eigenvalue weighted by Gasteiger charge is 2.21. The molecule has 0 unspecified atom stereocenters. The Morgan fingerprint density at radius 2 is 1.80 bits per heavy atom. The van der Waals surface area contributed by atoms with Crippen LogP contribution in [-0.2, 0) is 0 Å². The van der Waals surface area contributed by atoms with Gasteiger partial charge in [-0.05, 0) is 36.5 Å². The first-order chi connectivity index (χ1) is 6.95. The van der Waals surface area contributed by atoms with E-state index in [0.717, 1.165) is 5.56 Å². The molecular weight excluding hydrogens is 186 g/mol. The summed E-state index contributed by atoms with van der Waals surface area (Å²) in [5.41, 5.74) is 9.52. The highest BCUT2D eigenvalue weighted by Crippen LogP contribution is 2.24. The van der Waals surface area contributed by atoms with E-state index in [4.69, 9.17) is 5.73 Å². The zero-order chi connectivity index (χ0) is 11.6. The number of nitrogens with two attached hydrogens (primary N) is 1. The molecule has 1 aromatic rings. The lowest BCUT2D eigenvalue weighted by molar-refractivity contribution is 0.0977. The molecule has 0 amide bonds. The first kappa shape index (κ1) is 12.2. The van der Waals surface area contributed by atoms with Crippen LogP contribution in [0.2, 0.25) is 0 Å². The Kier molecular flexibility index (Phi) is 3.89. The van der Waals surface area contributed by atoms with Gasteiger partial charge in [0.1, 0.15) is 0 Å². The molecule has 2 atom stereocenters. The van der Waals surface area contributed by atoms with Crippen LogP contribution in [0.3, 0.4) is 0 Å². The first-order valence-electron chi connectivity index (χ1n) is 5.45. The van der Waals surface area contributed by atoms with Gasteiger partial charge in [-0.3, -0.25) is 0 Å². The molecule has 1 aromatic carbocycles. The number of aliphatic hydroxyl groups is 1. The van der Waals surface area contributed by atoms with Gasteiger partial charge in [0.05, 0.1) is 12.1 Å². The van der Waals surface area contributed by atoms with Gasteiger partial charge in [0.2, 0.25) is 0 Å². The molecule has 15 heavy (non-hydrogen) atoms. The lowest BCUT2D eigenvalue weighted by Gasteiger charge is -2.24. The minimum atomic E-state index is -0.481. The van der Waals surface area contributed by atoms with Crippen molar-refractivity contribution in [1.29, 1.82) is 0 Å². The molecule has 2 nitrogen and oxygen atoms in total. The van der Waals surface area contributed by atoms with Gasteiger partial charge in [-0.15, -0.1) is 0 Å². The molecule has 3 N–H and O–H groups in total. The summed E-state index contributed by atoms with van der Waals surface area (Å²) in [4.78, 5) is 0. The van der Waals surface area contributed by atoms with Crippen molar-refractivity contribution in [3.8, 4) is 0 Å². The van der Waals surface area contributed by atoms with Crippen LogP contribution in [0.25, 0.3) is 0 Å². The Labute approximate surface area is 92.1 Å². The number of hydrogen-bond acceptors (Lipinski definition) is 2. The van der Waals surface area contributed by atoms with Crippen LogP contribution in [0, 0.1) is 19.8 Å². The van der Waals surface area contributed by atoms with Gasteiger partial charge in [0, 0.05) is 0 Å². The minimum absolute atomic E-state index is 0.180. The molecule has 0 aliphatic carbocycles.